The summed E-state index contributed by atoms with van der Waals surface area (Å²) in [6, 6.07) is 13.1. The molecule has 0 aliphatic carbocycles. The van der Waals surface area contributed by atoms with Crippen LogP contribution >= 0.6 is 11.8 Å². The van der Waals surface area contributed by atoms with Crippen molar-refractivity contribution in [2.75, 3.05) is 11.7 Å². The van der Waals surface area contributed by atoms with Crippen LogP contribution in [0.4, 0.5) is 5.69 Å². The third kappa shape index (κ3) is 2.87. The highest BCUT2D eigenvalue weighted by Gasteiger charge is 2.40. The van der Waals surface area contributed by atoms with Crippen LogP contribution in [0.3, 0.4) is 0 Å². The molecule has 0 N–H and O–H groups in total. The third-order valence-corrected chi connectivity index (χ3v) is 5.65. The maximum atomic E-state index is 12.8. The molecule has 2 aliphatic heterocycles. The van der Waals surface area contributed by atoms with E-state index < -0.39 is 5.25 Å². The summed E-state index contributed by atoms with van der Waals surface area (Å²) in [4.78, 5) is 27.6. The molecule has 0 aromatic heterocycles. The largest absolute Gasteiger partial charge is 0.454 e. The van der Waals surface area contributed by atoms with Gasteiger partial charge in [0, 0.05) is 17.4 Å². The third-order valence-electron chi connectivity index (χ3n) is 4.34. The fraction of sp³-hybridized carbons (Fsp3) is 0.263. The number of fused-ring (bicyclic) bond motifs is 1. The molecule has 0 bridgehead atoms. The molecule has 2 aliphatic rings. The van der Waals surface area contributed by atoms with Crippen molar-refractivity contribution >= 4 is 29.3 Å². The fourth-order valence-corrected chi connectivity index (χ4v) is 4.32. The number of hydrogen-bond donors (Lipinski definition) is 0. The van der Waals surface area contributed by atoms with Gasteiger partial charge in [-0.15, -0.1) is 11.8 Å². The number of carbonyl (C=O) groups excluding carboxylic acids is 2. The van der Waals surface area contributed by atoms with E-state index in [0.29, 0.717) is 17.2 Å². The summed E-state index contributed by atoms with van der Waals surface area (Å²) in [7, 11) is 0. The van der Waals surface area contributed by atoms with E-state index in [1.165, 1.54) is 22.2 Å². The van der Waals surface area contributed by atoms with Crippen molar-refractivity contribution in [1.82, 2.24) is 0 Å². The Labute approximate surface area is 149 Å². The number of thioether (sulfide) groups is 1. The Morgan fingerprint density at radius 1 is 1.12 bits per heavy atom. The van der Waals surface area contributed by atoms with Crippen LogP contribution in [0.25, 0.3) is 0 Å². The van der Waals surface area contributed by atoms with Gasteiger partial charge in [-0.1, -0.05) is 25.1 Å². The van der Waals surface area contributed by atoms with Gasteiger partial charge in [0.2, 0.25) is 18.6 Å². The first-order chi connectivity index (χ1) is 12.2. The zero-order valence-electron chi connectivity index (χ0n) is 13.7. The summed E-state index contributed by atoms with van der Waals surface area (Å²) in [6.45, 7) is 2.24. The van der Waals surface area contributed by atoms with Gasteiger partial charge < -0.3 is 9.47 Å². The van der Waals surface area contributed by atoms with Crippen LogP contribution in [0.1, 0.15) is 18.9 Å². The lowest BCUT2D eigenvalue weighted by molar-refractivity contribution is -0.121. The van der Waals surface area contributed by atoms with Crippen LogP contribution in [-0.4, -0.2) is 23.9 Å². The number of nitrogens with zero attached hydrogens (tertiary/aromatic N) is 1. The molecule has 0 spiro atoms. The van der Waals surface area contributed by atoms with Gasteiger partial charge in [-0.3, -0.25) is 9.59 Å². The van der Waals surface area contributed by atoms with E-state index >= 15 is 0 Å². The maximum Gasteiger partial charge on any atom is 0.247 e. The molecule has 2 aromatic rings. The molecule has 5 nitrogen and oxygen atoms in total. The number of benzene rings is 2. The van der Waals surface area contributed by atoms with Gasteiger partial charge in [-0.25, -0.2) is 4.90 Å². The molecule has 1 saturated heterocycles. The normalized spacial score (nSPS) is 18.9. The Bertz CT molecular complexity index is 851. The lowest BCUT2D eigenvalue weighted by atomic mass is 10.2. The van der Waals surface area contributed by atoms with E-state index in [1.807, 2.05) is 18.2 Å². The average molecular weight is 355 g/mol. The van der Waals surface area contributed by atoms with Crippen LogP contribution in [0.2, 0.25) is 0 Å². The molecule has 0 unspecified atom stereocenters. The Kier molecular flexibility index (Phi) is 4.13. The molecule has 2 heterocycles. The van der Waals surface area contributed by atoms with Crippen molar-refractivity contribution in [3.05, 3.63) is 48.0 Å². The number of carbonyl (C=O) groups is 2. The molecule has 128 valence electrons. The number of imide groups is 1. The second-order valence-electron chi connectivity index (χ2n) is 5.88. The molecule has 2 aromatic carbocycles. The standard InChI is InChI=1S/C19H17NO4S/c1-2-12-5-3-4-6-16(12)25-17-10-18(21)20(19(17)22)13-7-8-14-15(9-13)24-11-23-14/h3-9,17H,2,10-11H2,1H3/t17-/m0/s1. The first-order valence-corrected chi connectivity index (χ1v) is 9.06. The van der Waals surface area contributed by atoms with Crippen molar-refractivity contribution in [3.8, 4) is 11.5 Å². The van der Waals surface area contributed by atoms with Crippen LogP contribution in [-0.2, 0) is 16.0 Å². The minimum absolute atomic E-state index is 0.160. The molecule has 0 radical (unpaired) electrons. The molecule has 1 fully saturated rings. The van der Waals surface area contributed by atoms with Crippen molar-refractivity contribution < 1.29 is 19.1 Å². The summed E-state index contributed by atoms with van der Waals surface area (Å²) in [5, 5.41) is -0.398. The van der Waals surface area contributed by atoms with Gasteiger partial charge in [0.05, 0.1) is 10.9 Å². The SMILES string of the molecule is CCc1ccccc1S[C@H]1CC(=O)N(c2ccc3c(c2)OCO3)C1=O. The number of amides is 2. The van der Waals surface area contributed by atoms with E-state index in [4.69, 9.17) is 9.47 Å². The Hall–Kier alpha value is -2.47. The second kappa shape index (κ2) is 6.44. The van der Waals surface area contributed by atoms with E-state index in [-0.39, 0.29) is 25.0 Å². The minimum atomic E-state index is -0.398. The van der Waals surface area contributed by atoms with Crippen molar-refractivity contribution in [1.29, 1.82) is 0 Å². The number of hydrogen-bond acceptors (Lipinski definition) is 5. The highest BCUT2D eigenvalue weighted by atomic mass is 32.2. The topological polar surface area (TPSA) is 55.8 Å². The average Bonchev–Trinajstić information content (AvgIpc) is 3.19. The Morgan fingerprint density at radius 2 is 1.92 bits per heavy atom. The number of rotatable bonds is 4. The van der Waals surface area contributed by atoms with E-state index in [2.05, 4.69) is 13.0 Å². The van der Waals surface area contributed by atoms with E-state index in [9.17, 15) is 9.59 Å². The van der Waals surface area contributed by atoms with Gasteiger partial charge in [-0.2, -0.15) is 0 Å². The molecule has 25 heavy (non-hydrogen) atoms. The van der Waals surface area contributed by atoms with Gasteiger partial charge in [0.25, 0.3) is 0 Å². The molecule has 2 amide bonds. The molecule has 0 saturated carbocycles. The quantitative estimate of drug-likeness (QED) is 0.787. The smallest absolute Gasteiger partial charge is 0.247 e. The number of anilines is 1. The van der Waals surface area contributed by atoms with Gasteiger partial charge in [-0.05, 0) is 30.2 Å². The van der Waals surface area contributed by atoms with Crippen LogP contribution in [0, 0.1) is 0 Å². The zero-order valence-corrected chi connectivity index (χ0v) is 14.5. The molecular weight excluding hydrogens is 338 g/mol. The predicted octanol–water partition coefficient (Wildman–Crippen LogP) is 3.40. The Balaban J connectivity index is 1.58. The highest BCUT2D eigenvalue weighted by molar-refractivity contribution is 8.00. The zero-order chi connectivity index (χ0) is 17.4. The summed E-state index contributed by atoms with van der Waals surface area (Å²) < 4.78 is 10.6. The minimum Gasteiger partial charge on any atom is -0.454 e. The molecule has 1 atom stereocenters. The summed E-state index contributed by atoms with van der Waals surface area (Å²) >= 11 is 1.47. The van der Waals surface area contributed by atoms with Crippen molar-refractivity contribution in [2.45, 2.75) is 29.9 Å². The van der Waals surface area contributed by atoms with Gasteiger partial charge in [0.15, 0.2) is 11.5 Å². The lowest BCUT2D eigenvalue weighted by Crippen LogP contribution is -2.31. The van der Waals surface area contributed by atoms with E-state index in [0.717, 1.165) is 11.3 Å². The van der Waals surface area contributed by atoms with Crippen molar-refractivity contribution in [2.24, 2.45) is 0 Å². The van der Waals surface area contributed by atoms with Gasteiger partial charge in [0.1, 0.15) is 0 Å². The molecule has 4 rings (SSSR count). The van der Waals surface area contributed by atoms with Crippen LogP contribution < -0.4 is 14.4 Å². The van der Waals surface area contributed by atoms with E-state index in [1.54, 1.807) is 18.2 Å². The summed E-state index contributed by atoms with van der Waals surface area (Å²) in [6.07, 6.45) is 1.10. The Morgan fingerprint density at radius 3 is 2.76 bits per heavy atom. The number of aryl methyl sites for hydroxylation is 1. The lowest BCUT2D eigenvalue weighted by Gasteiger charge is -2.16. The summed E-state index contributed by atoms with van der Waals surface area (Å²) in [5.41, 5.74) is 1.72. The van der Waals surface area contributed by atoms with Crippen LogP contribution in [0.15, 0.2) is 47.4 Å². The monoisotopic (exact) mass is 355 g/mol. The first-order valence-electron chi connectivity index (χ1n) is 8.18. The molecule has 6 heteroatoms. The highest BCUT2D eigenvalue weighted by Crippen LogP contribution is 2.39. The van der Waals surface area contributed by atoms with Gasteiger partial charge >= 0.3 is 0 Å². The first kappa shape index (κ1) is 16.0. The van der Waals surface area contributed by atoms with Crippen molar-refractivity contribution in [3.63, 3.8) is 0 Å². The summed E-state index contributed by atoms with van der Waals surface area (Å²) in [5.74, 6) is 0.825. The maximum absolute atomic E-state index is 12.8. The predicted molar refractivity (Wildman–Crippen MR) is 95.1 cm³/mol. The molecular formula is C19H17NO4S. The second-order valence-corrected chi connectivity index (χ2v) is 7.12. The van der Waals surface area contributed by atoms with Crippen LogP contribution in [0.5, 0.6) is 11.5 Å². The number of ether oxygens (including phenoxy) is 2. The fourth-order valence-electron chi connectivity index (χ4n) is 3.06.